The number of nitrogen functional groups attached to an aromatic ring is 2. The fourth-order valence-corrected chi connectivity index (χ4v) is 7.81. The number of nitrogens with zero attached hydrogens (tertiary/aromatic N) is 6. The maximum absolute atomic E-state index is 10.4. The molecule has 2 unspecified atom stereocenters. The Bertz CT molecular complexity index is 1150. The van der Waals surface area contributed by atoms with Gasteiger partial charge >= 0.3 is 0 Å². The van der Waals surface area contributed by atoms with Crippen molar-refractivity contribution in [1.29, 1.82) is 0 Å². The number of aryl methyl sites for hydroxylation is 2. The van der Waals surface area contributed by atoms with Crippen molar-refractivity contribution in [2.24, 2.45) is 5.73 Å². The molecule has 0 saturated carbocycles. The van der Waals surface area contributed by atoms with Crippen LogP contribution in [0.25, 0.3) is 0 Å². The zero-order valence-electron chi connectivity index (χ0n) is 30.0. The Balaban J connectivity index is 0.000000188. The van der Waals surface area contributed by atoms with Gasteiger partial charge in [0.15, 0.2) is 0 Å². The van der Waals surface area contributed by atoms with Gasteiger partial charge in [-0.1, -0.05) is 0 Å². The summed E-state index contributed by atoms with van der Waals surface area (Å²) in [6.07, 6.45) is 7.64. The van der Waals surface area contributed by atoms with E-state index in [1.54, 1.807) is 0 Å². The van der Waals surface area contributed by atoms with E-state index in [2.05, 4.69) is 60.6 Å². The Kier molecular flexibility index (Phi) is 14.1. The monoisotopic (exact) mass is 664 g/mol. The zero-order chi connectivity index (χ0) is 33.9. The number of aliphatic hydroxyl groups is 1. The van der Waals surface area contributed by atoms with Gasteiger partial charge in [-0.15, -0.1) is 0 Å². The molecule has 4 saturated heterocycles. The van der Waals surface area contributed by atoms with E-state index < -0.39 is 0 Å². The fraction of sp³-hybridized carbons (Fsp3) is 0.684. The molecule has 2 aromatic rings. The Hall–Kier alpha value is -2.60. The molecule has 10 heteroatoms. The Morgan fingerprint density at radius 3 is 1.48 bits per heavy atom. The van der Waals surface area contributed by atoms with Crippen LogP contribution in [0.5, 0.6) is 0 Å². The van der Waals surface area contributed by atoms with Gasteiger partial charge in [0.2, 0.25) is 0 Å². The molecule has 48 heavy (non-hydrogen) atoms. The third kappa shape index (κ3) is 11.2. The van der Waals surface area contributed by atoms with Crippen LogP contribution in [0, 0.1) is 13.8 Å². The summed E-state index contributed by atoms with van der Waals surface area (Å²) in [4.78, 5) is 14.8. The van der Waals surface area contributed by atoms with Crippen LogP contribution in [0.4, 0.5) is 22.7 Å². The highest BCUT2D eigenvalue weighted by atomic mass is 16.3. The van der Waals surface area contributed by atoms with Crippen molar-refractivity contribution < 1.29 is 5.11 Å². The minimum Gasteiger partial charge on any atom is -0.399 e. The topological polar surface area (TPSA) is 118 Å². The van der Waals surface area contributed by atoms with Crippen LogP contribution in [0.2, 0.25) is 0 Å². The lowest BCUT2D eigenvalue weighted by Crippen LogP contribution is -2.40. The summed E-state index contributed by atoms with van der Waals surface area (Å²) in [5, 5.41) is 10.4. The standard InChI is InChI=1S/C19H33N5.C19H32N4O/c1-16-13-18(5-6-19(16)21)24-12-11-23(14-17(20)15-24)10-4-9-22-7-2-3-8-22;1-16-13-17(5-6-19(16)20)23-12-11-22(14-18(24)15-23)10-4-9-21-7-2-3-8-21/h5-6,13,17H,2-4,7-12,14-15,20-21H2,1H3;5-6,13,18,24H,2-4,7-12,14-15,20H2,1H3. The van der Waals surface area contributed by atoms with Crippen LogP contribution in [0.15, 0.2) is 36.4 Å². The van der Waals surface area contributed by atoms with Gasteiger partial charge in [-0.25, -0.2) is 0 Å². The summed E-state index contributed by atoms with van der Waals surface area (Å²) in [6.45, 7) is 21.5. The summed E-state index contributed by atoms with van der Waals surface area (Å²) < 4.78 is 0. The van der Waals surface area contributed by atoms with Crippen molar-refractivity contribution in [2.45, 2.75) is 64.5 Å². The maximum atomic E-state index is 10.4. The van der Waals surface area contributed by atoms with Crippen molar-refractivity contribution >= 4 is 22.7 Å². The number of anilines is 4. The smallest absolute Gasteiger partial charge is 0.0841 e. The van der Waals surface area contributed by atoms with Crippen LogP contribution in [0.1, 0.15) is 49.7 Å². The number of β-amino-alcohol motifs (C(OH)–C–C–N with tert-alkyl or cyclic N) is 1. The molecule has 0 spiro atoms. The molecule has 0 radical (unpaired) electrons. The van der Waals surface area contributed by atoms with Crippen LogP contribution < -0.4 is 27.0 Å². The van der Waals surface area contributed by atoms with E-state index in [1.165, 1.54) is 95.7 Å². The average Bonchev–Trinajstić information content (AvgIpc) is 3.71. The van der Waals surface area contributed by atoms with Crippen LogP contribution in [-0.4, -0.2) is 142 Å². The largest absolute Gasteiger partial charge is 0.399 e. The van der Waals surface area contributed by atoms with Gasteiger partial charge in [-0.2, -0.15) is 0 Å². The molecule has 268 valence electrons. The van der Waals surface area contributed by atoms with E-state index in [9.17, 15) is 5.11 Å². The Labute approximate surface area is 290 Å². The predicted octanol–water partition coefficient (Wildman–Crippen LogP) is 3.06. The lowest BCUT2D eigenvalue weighted by Gasteiger charge is -2.25. The van der Waals surface area contributed by atoms with E-state index in [0.717, 1.165) is 74.9 Å². The Morgan fingerprint density at radius 2 is 1.00 bits per heavy atom. The number of hydrogen-bond donors (Lipinski definition) is 4. The molecule has 0 bridgehead atoms. The molecular formula is C38H65N9O. The van der Waals surface area contributed by atoms with Gasteiger partial charge in [0, 0.05) is 81.1 Å². The Morgan fingerprint density at radius 1 is 0.562 bits per heavy atom. The third-order valence-electron chi connectivity index (χ3n) is 10.8. The minimum absolute atomic E-state index is 0.206. The second-order valence-corrected chi connectivity index (χ2v) is 14.8. The first-order valence-corrected chi connectivity index (χ1v) is 18.8. The van der Waals surface area contributed by atoms with Gasteiger partial charge in [0.1, 0.15) is 0 Å². The average molecular weight is 664 g/mol. The van der Waals surface area contributed by atoms with Crippen LogP contribution in [-0.2, 0) is 0 Å². The molecule has 7 N–H and O–H groups in total. The van der Waals surface area contributed by atoms with E-state index in [-0.39, 0.29) is 12.1 Å². The van der Waals surface area contributed by atoms with Crippen molar-refractivity contribution in [3.05, 3.63) is 47.5 Å². The first kappa shape index (κ1) is 36.7. The van der Waals surface area contributed by atoms with Crippen molar-refractivity contribution in [3.63, 3.8) is 0 Å². The molecule has 10 nitrogen and oxygen atoms in total. The number of hydrogen-bond acceptors (Lipinski definition) is 10. The van der Waals surface area contributed by atoms with E-state index in [4.69, 9.17) is 17.2 Å². The summed E-state index contributed by atoms with van der Waals surface area (Å²) in [5.41, 5.74) is 24.6. The zero-order valence-corrected chi connectivity index (χ0v) is 30.0. The summed E-state index contributed by atoms with van der Waals surface area (Å²) in [7, 11) is 0. The maximum Gasteiger partial charge on any atom is 0.0841 e. The predicted molar refractivity (Wildman–Crippen MR) is 203 cm³/mol. The normalized spacial score (nSPS) is 23.6. The van der Waals surface area contributed by atoms with Gasteiger partial charge in [0.25, 0.3) is 0 Å². The number of benzene rings is 2. The molecule has 4 heterocycles. The first-order chi connectivity index (χ1) is 23.2. The van der Waals surface area contributed by atoms with Gasteiger partial charge in [0.05, 0.1) is 6.10 Å². The van der Waals surface area contributed by atoms with Gasteiger partial charge in [-0.3, -0.25) is 9.80 Å². The quantitative estimate of drug-likeness (QED) is 0.283. The number of aliphatic hydroxyl groups excluding tert-OH is 1. The first-order valence-electron chi connectivity index (χ1n) is 18.8. The second kappa shape index (κ2) is 18.4. The van der Waals surface area contributed by atoms with Crippen molar-refractivity contribution in [3.8, 4) is 0 Å². The van der Waals surface area contributed by atoms with E-state index in [1.807, 2.05) is 19.1 Å². The highest BCUT2D eigenvalue weighted by Gasteiger charge is 2.23. The highest BCUT2D eigenvalue weighted by Crippen LogP contribution is 2.23. The molecule has 4 aliphatic rings. The molecule has 6 rings (SSSR count). The van der Waals surface area contributed by atoms with Gasteiger partial charge in [-0.05, 0) is 152 Å². The van der Waals surface area contributed by atoms with Gasteiger partial charge < -0.3 is 41.9 Å². The number of likely N-dealkylation sites (tertiary alicyclic amines) is 2. The molecule has 2 atom stereocenters. The summed E-state index contributed by atoms with van der Waals surface area (Å²) in [6, 6.07) is 12.7. The number of nitrogens with two attached hydrogens (primary N) is 3. The lowest BCUT2D eigenvalue weighted by atomic mass is 10.1. The van der Waals surface area contributed by atoms with Crippen molar-refractivity contribution in [2.75, 3.05) is 126 Å². The van der Waals surface area contributed by atoms with E-state index >= 15 is 0 Å². The van der Waals surface area contributed by atoms with Crippen LogP contribution >= 0.6 is 0 Å². The lowest BCUT2D eigenvalue weighted by molar-refractivity contribution is 0.130. The minimum atomic E-state index is -0.294. The highest BCUT2D eigenvalue weighted by molar-refractivity contribution is 5.59. The molecule has 0 aromatic heterocycles. The fourth-order valence-electron chi connectivity index (χ4n) is 7.81. The summed E-state index contributed by atoms with van der Waals surface area (Å²) in [5.74, 6) is 0. The van der Waals surface area contributed by atoms with Crippen molar-refractivity contribution in [1.82, 2.24) is 19.6 Å². The summed E-state index contributed by atoms with van der Waals surface area (Å²) >= 11 is 0. The third-order valence-corrected chi connectivity index (χ3v) is 10.8. The van der Waals surface area contributed by atoms with E-state index in [0.29, 0.717) is 6.54 Å². The molecule has 0 amide bonds. The molecular weight excluding hydrogens is 598 g/mol. The van der Waals surface area contributed by atoms with Crippen LogP contribution in [0.3, 0.4) is 0 Å². The molecule has 4 aliphatic heterocycles. The SMILES string of the molecule is Cc1cc(N2CCN(CCCN3CCCC3)CC(N)C2)ccc1N.Cc1cc(N2CCN(CCCN3CCCC3)CC(O)C2)ccc1N. The number of rotatable bonds is 10. The molecule has 0 aliphatic carbocycles. The molecule has 2 aromatic carbocycles. The molecule has 4 fully saturated rings. The second-order valence-electron chi connectivity index (χ2n) is 14.8.